The lowest BCUT2D eigenvalue weighted by Crippen LogP contribution is -2.47. The smallest absolute Gasteiger partial charge is 0.245 e. The predicted octanol–water partition coefficient (Wildman–Crippen LogP) is 0.635. The van der Waals surface area contributed by atoms with Crippen molar-refractivity contribution in [2.75, 3.05) is 26.8 Å². The van der Waals surface area contributed by atoms with Crippen molar-refractivity contribution in [2.24, 2.45) is 0 Å². The molecule has 2 amide bonds. The maximum Gasteiger partial charge on any atom is 0.245 e. The number of methoxy groups -OCH3 is 1. The van der Waals surface area contributed by atoms with Gasteiger partial charge in [-0.15, -0.1) is 0 Å². The third-order valence-corrected chi connectivity index (χ3v) is 3.98. The van der Waals surface area contributed by atoms with Gasteiger partial charge in [-0.2, -0.15) is 0 Å². The van der Waals surface area contributed by atoms with Gasteiger partial charge in [0.05, 0.1) is 0 Å². The summed E-state index contributed by atoms with van der Waals surface area (Å²) in [4.78, 5) is 28.1. The largest absolute Gasteiger partial charge is 0.385 e. The zero-order valence-corrected chi connectivity index (χ0v) is 11.2. The van der Waals surface area contributed by atoms with E-state index in [1.54, 1.807) is 12.0 Å². The molecule has 2 aliphatic heterocycles. The minimum atomic E-state index is -0.204. The summed E-state index contributed by atoms with van der Waals surface area (Å²) in [6.45, 7) is 3.98. The summed E-state index contributed by atoms with van der Waals surface area (Å²) in [6, 6.07) is -0.0594. The van der Waals surface area contributed by atoms with Crippen molar-refractivity contribution in [3.8, 4) is 0 Å². The number of hydrogen-bond acceptors (Lipinski definition) is 3. The van der Waals surface area contributed by atoms with Gasteiger partial charge >= 0.3 is 0 Å². The third kappa shape index (κ3) is 2.51. The fourth-order valence-corrected chi connectivity index (χ4v) is 2.87. The number of rotatable bonds is 4. The number of ether oxygens (including phenoxy) is 1. The van der Waals surface area contributed by atoms with Crippen molar-refractivity contribution in [3.63, 3.8) is 0 Å². The van der Waals surface area contributed by atoms with Crippen LogP contribution in [0.25, 0.3) is 0 Å². The molecule has 2 unspecified atom stereocenters. The van der Waals surface area contributed by atoms with Gasteiger partial charge in [-0.25, -0.2) is 0 Å². The normalized spacial score (nSPS) is 26.2. The van der Waals surface area contributed by atoms with E-state index >= 15 is 0 Å². The second-order valence-electron chi connectivity index (χ2n) is 5.16. The molecule has 2 atom stereocenters. The molecule has 18 heavy (non-hydrogen) atoms. The Morgan fingerprint density at radius 1 is 1.39 bits per heavy atom. The minimum absolute atomic E-state index is 0.127. The third-order valence-electron chi connectivity index (χ3n) is 3.98. The minimum Gasteiger partial charge on any atom is -0.385 e. The molecular weight excluding hydrogens is 232 g/mol. The average molecular weight is 254 g/mol. The lowest BCUT2D eigenvalue weighted by atomic mass is 10.1. The van der Waals surface area contributed by atoms with Gasteiger partial charge in [-0.3, -0.25) is 9.59 Å². The monoisotopic (exact) mass is 254 g/mol. The van der Waals surface area contributed by atoms with E-state index in [-0.39, 0.29) is 23.9 Å². The summed E-state index contributed by atoms with van der Waals surface area (Å²) in [6.07, 6.45) is 3.04. The summed E-state index contributed by atoms with van der Waals surface area (Å²) in [5.41, 5.74) is 0. The molecule has 0 saturated carbocycles. The van der Waals surface area contributed by atoms with Gasteiger partial charge < -0.3 is 14.5 Å². The molecule has 0 bridgehead atoms. The van der Waals surface area contributed by atoms with Gasteiger partial charge in [0.2, 0.25) is 11.8 Å². The van der Waals surface area contributed by atoms with E-state index in [1.165, 1.54) is 0 Å². The molecule has 5 heteroatoms. The Balaban J connectivity index is 2.07. The van der Waals surface area contributed by atoms with E-state index in [0.717, 1.165) is 25.8 Å². The predicted molar refractivity (Wildman–Crippen MR) is 67.0 cm³/mol. The molecule has 0 radical (unpaired) electrons. The molecule has 2 heterocycles. The maximum absolute atomic E-state index is 12.5. The van der Waals surface area contributed by atoms with Crippen molar-refractivity contribution >= 4 is 11.8 Å². The van der Waals surface area contributed by atoms with Gasteiger partial charge in [0, 0.05) is 39.3 Å². The Bertz CT molecular complexity index is 332. The van der Waals surface area contributed by atoms with E-state index in [4.69, 9.17) is 4.74 Å². The molecule has 5 nitrogen and oxygen atoms in total. The van der Waals surface area contributed by atoms with Crippen LogP contribution in [0.15, 0.2) is 0 Å². The van der Waals surface area contributed by atoms with Gasteiger partial charge in [0.15, 0.2) is 0 Å². The summed E-state index contributed by atoms with van der Waals surface area (Å²) < 4.78 is 5.06. The topological polar surface area (TPSA) is 49.9 Å². The fourth-order valence-electron chi connectivity index (χ4n) is 2.87. The molecule has 0 aromatic rings. The number of hydrogen-bond donors (Lipinski definition) is 0. The first kappa shape index (κ1) is 13.3. The molecule has 2 aliphatic rings. The summed E-state index contributed by atoms with van der Waals surface area (Å²) in [7, 11) is 1.67. The first-order chi connectivity index (χ1) is 8.65. The number of carbonyl (C=O) groups is 2. The Kier molecular flexibility index (Phi) is 4.22. The van der Waals surface area contributed by atoms with Gasteiger partial charge in [0.1, 0.15) is 6.04 Å². The van der Waals surface area contributed by atoms with Crippen LogP contribution < -0.4 is 0 Å². The van der Waals surface area contributed by atoms with Crippen LogP contribution in [0.5, 0.6) is 0 Å². The van der Waals surface area contributed by atoms with Crippen LogP contribution in [0.1, 0.15) is 32.6 Å². The van der Waals surface area contributed by atoms with Crippen LogP contribution in [-0.4, -0.2) is 60.5 Å². The Morgan fingerprint density at radius 2 is 2.17 bits per heavy atom. The van der Waals surface area contributed by atoms with E-state index in [1.807, 2.05) is 11.8 Å². The molecule has 2 rings (SSSR count). The van der Waals surface area contributed by atoms with E-state index < -0.39 is 0 Å². The van der Waals surface area contributed by atoms with Crippen molar-refractivity contribution in [1.29, 1.82) is 0 Å². The highest BCUT2D eigenvalue weighted by Crippen LogP contribution is 2.24. The maximum atomic E-state index is 12.5. The summed E-state index contributed by atoms with van der Waals surface area (Å²) in [5.74, 6) is 0.259. The van der Waals surface area contributed by atoms with E-state index in [2.05, 4.69) is 0 Å². The number of amides is 2. The zero-order chi connectivity index (χ0) is 13.1. The molecule has 0 spiro atoms. The molecule has 0 aromatic carbocycles. The van der Waals surface area contributed by atoms with Crippen LogP contribution in [0.4, 0.5) is 0 Å². The highest BCUT2D eigenvalue weighted by atomic mass is 16.5. The molecule has 0 aliphatic carbocycles. The van der Waals surface area contributed by atoms with Crippen LogP contribution >= 0.6 is 0 Å². The van der Waals surface area contributed by atoms with Crippen LogP contribution in [0, 0.1) is 0 Å². The van der Waals surface area contributed by atoms with Crippen LogP contribution in [0.3, 0.4) is 0 Å². The standard InChI is InChI=1S/C13H22N2O3/c1-10(6-9-18-2)14-8-5-12(16)15-7-3-4-11(15)13(14)17/h10-11H,3-9H2,1-2H3. The van der Waals surface area contributed by atoms with Gasteiger partial charge in [-0.05, 0) is 26.2 Å². The van der Waals surface area contributed by atoms with E-state index in [9.17, 15) is 9.59 Å². The second kappa shape index (κ2) is 5.69. The van der Waals surface area contributed by atoms with Crippen LogP contribution in [-0.2, 0) is 14.3 Å². The molecular formula is C13H22N2O3. The molecule has 102 valence electrons. The molecule has 0 N–H and O–H groups in total. The quantitative estimate of drug-likeness (QED) is 0.739. The fraction of sp³-hybridized carbons (Fsp3) is 0.846. The zero-order valence-electron chi connectivity index (χ0n) is 11.2. The first-order valence-corrected chi connectivity index (χ1v) is 6.74. The Morgan fingerprint density at radius 3 is 2.89 bits per heavy atom. The number of nitrogens with zero attached hydrogens (tertiary/aromatic N) is 2. The first-order valence-electron chi connectivity index (χ1n) is 6.74. The van der Waals surface area contributed by atoms with Crippen molar-refractivity contribution < 1.29 is 14.3 Å². The molecule has 2 fully saturated rings. The lowest BCUT2D eigenvalue weighted by molar-refractivity contribution is -0.140. The highest BCUT2D eigenvalue weighted by molar-refractivity contribution is 5.90. The average Bonchev–Trinajstić information content (AvgIpc) is 2.81. The van der Waals surface area contributed by atoms with Gasteiger partial charge in [0.25, 0.3) is 0 Å². The van der Waals surface area contributed by atoms with Crippen molar-refractivity contribution in [2.45, 2.75) is 44.7 Å². The Hall–Kier alpha value is -1.10. The summed E-state index contributed by atoms with van der Waals surface area (Å²) >= 11 is 0. The number of carbonyl (C=O) groups excluding carboxylic acids is 2. The summed E-state index contributed by atoms with van der Waals surface area (Å²) in [5, 5.41) is 0. The molecule has 2 saturated heterocycles. The molecule has 0 aromatic heterocycles. The highest BCUT2D eigenvalue weighted by Gasteiger charge is 2.40. The Labute approximate surface area is 108 Å². The van der Waals surface area contributed by atoms with Crippen molar-refractivity contribution in [3.05, 3.63) is 0 Å². The van der Waals surface area contributed by atoms with E-state index in [0.29, 0.717) is 19.6 Å². The lowest BCUT2D eigenvalue weighted by Gasteiger charge is -2.30. The SMILES string of the molecule is COCCC(C)N1CCC(=O)N2CCCC2C1=O. The number of fused-ring (bicyclic) bond motifs is 1. The van der Waals surface area contributed by atoms with Crippen molar-refractivity contribution in [1.82, 2.24) is 9.80 Å². The van der Waals surface area contributed by atoms with Crippen LogP contribution in [0.2, 0.25) is 0 Å². The second-order valence-corrected chi connectivity index (χ2v) is 5.16. The van der Waals surface area contributed by atoms with Gasteiger partial charge in [-0.1, -0.05) is 0 Å².